The molecule has 21 heavy (non-hydrogen) atoms. The number of likely N-dealkylation sites (tertiary alicyclic amines) is 1. The van der Waals surface area contributed by atoms with Crippen LogP contribution in [0.5, 0.6) is 0 Å². The summed E-state index contributed by atoms with van der Waals surface area (Å²) in [5.41, 5.74) is 0.848. The number of hydrogen-bond acceptors (Lipinski definition) is 3. The molecule has 3 aliphatic carbocycles. The topological polar surface area (TPSA) is 46.6 Å². The minimum Gasteiger partial charge on any atom is -0.460 e. The van der Waals surface area contributed by atoms with E-state index in [1.807, 2.05) is 0 Å². The first kappa shape index (κ1) is 13.6. The van der Waals surface area contributed by atoms with Gasteiger partial charge in [-0.05, 0) is 48.9 Å². The molecule has 1 saturated heterocycles. The third kappa shape index (κ3) is 1.25. The van der Waals surface area contributed by atoms with E-state index in [0.717, 1.165) is 31.6 Å². The molecule has 1 spiro atoms. The predicted molar refractivity (Wildman–Crippen MR) is 77.3 cm³/mol. The lowest BCUT2D eigenvalue weighted by molar-refractivity contribution is -0.176. The Bertz CT molecular complexity index is 516. The zero-order valence-corrected chi connectivity index (χ0v) is 13.2. The van der Waals surface area contributed by atoms with Crippen LogP contribution in [0.25, 0.3) is 0 Å². The van der Waals surface area contributed by atoms with E-state index < -0.39 is 0 Å². The summed E-state index contributed by atoms with van der Waals surface area (Å²) in [6.45, 7) is 7.74. The predicted octanol–water partition coefficient (Wildman–Crippen LogP) is 2.37. The molecule has 0 radical (unpaired) electrons. The molecule has 5 unspecified atom stereocenters. The summed E-state index contributed by atoms with van der Waals surface area (Å²) in [6.07, 6.45) is 6.11. The summed E-state index contributed by atoms with van der Waals surface area (Å²) in [7, 11) is 0. The number of hydrogen-bond donors (Lipinski definition) is 0. The molecule has 116 valence electrons. The molecule has 5 atom stereocenters. The number of amides is 1. The van der Waals surface area contributed by atoms with Crippen molar-refractivity contribution in [2.45, 2.75) is 65.0 Å². The van der Waals surface area contributed by atoms with Crippen molar-refractivity contribution >= 4 is 12.4 Å². The molecule has 1 amide bonds. The quantitative estimate of drug-likeness (QED) is 0.592. The van der Waals surface area contributed by atoms with Gasteiger partial charge >= 0.3 is 5.97 Å². The van der Waals surface area contributed by atoms with Gasteiger partial charge in [0.2, 0.25) is 6.41 Å². The molecular weight excluding hydrogens is 266 g/mol. The largest absolute Gasteiger partial charge is 0.460 e. The number of ether oxygens (including phenoxy) is 1. The van der Waals surface area contributed by atoms with Crippen LogP contribution in [-0.4, -0.2) is 36.0 Å². The smallest absolute Gasteiger partial charge is 0.329 e. The molecule has 4 aliphatic rings. The van der Waals surface area contributed by atoms with Gasteiger partial charge in [0, 0.05) is 12.0 Å². The van der Waals surface area contributed by atoms with E-state index in [4.69, 9.17) is 4.74 Å². The second kappa shape index (κ2) is 3.82. The Labute approximate surface area is 126 Å². The SMILES string of the molecule is CC1(C)C2(C)CCC3CC(OC(=O)C4CCCN4C=O)C312. The second-order valence-electron chi connectivity index (χ2n) is 8.22. The van der Waals surface area contributed by atoms with Crippen LogP contribution in [0.15, 0.2) is 0 Å². The molecule has 3 saturated carbocycles. The van der Waals surface area contributed by atoms with Crippen molar-refractivity contribution in [3.05, 3.63) is 0 Å². The van der Waals surface area contributed by atoms with Crippen molar-refractivity contribution < 1.29 is 14.3 Å². The Kier molecular flexibility index (Phi) is 2.47. The highest BCUT2D eigenvalue weighted by Crippen LogP contribution is 2.92. The lowest BCUT2D eigenvalue weighted by Crippen LogP contribution is -2.50. The van der Waals surface area contributed by atoms with Crippen LogP contribution in [0.1, 0.15) is 52.9 Å². The third-order valence-corrected chi connectivity index (χ3v) is 7.87. The highest BCUT2D eigenvalue weighted by molar-refractivity contribution is 5.79. The Balaban J connectivity index is 1.50. The van der Waals surface area contributed by atoms with E-state index in [-0.39, 0.29) is 28.9 Å². The van der Waals surface area contributed by atoms with Crippen molar-refractivity contribution in [3.63, 3.8) is 0 Å². The molecule has 0 aromatic carbocycles. The van der Waals surface area contributed by atoms with Crippen LogP contribution >= 0.6 is 0 Å². The minimum absolute atomic E-state index is 0.0756. The third-order valence-electron chi connectivity index (χ3n) is 7.87. The van der Waals surface area contributed by atoms with Crippen molar-refractivity contribution in [2.75, 3.05) is 6.54 Å². The minimum atomic E-state index is -0.340. The standard InChI is InChI=1S/C17H25NO3/c1-15(2)16(3)7-6-11-9-13(17(11,15)16)21-14(20)12-5-4-8-18(12)10-19/h10-13H,4-9H2,1-3H3. The van der Waals surface area contributed by atoms with Crippen molar-refractivity contribution in [1.29, 1.82) is 0 Å². The molecule has 1 aliphatic heterocycles. The van der Waals surface area contributed by atoms with Crippen molar-refractivity contribution in [2.24, 2.45) is 22.2 Å². The number of rotatable bonds is 3. The van der Waals surface area contributed by atoms with Gasteiger partial charge in [-0.15, -0.1) is 0 Å². The monoisotopic (exact) mass is 291 g/mol. The fourth-order valence-corrected chi connectivity index (χ4v) is 6.57. The van der Waals surface area contributed by atoms with E-state index >= 15 is 0 Å². The van der Waals surface area contributed by atoms with Gasteiger partial charge in [0.05, 0.1) is 0 Å². The normalized spacial score (nSPS) is 49.1. The van der Waals surface area contributed by atoms with E-state index in [0.29, 0.717) is 12.0 Å². The molecule has 0 bridgehead atoms. The highest BCUT2D eigenvalue weighted by atomic mass is 16.5. The highest BCUT2D eigenvalue weighted by Gasteiger charge is 2.91. The van der Waals surface area contributed by atoms with Crippen molar-refractivity contribution in [1.82, 2.24) is 4.90 Å². The first-order valence-corrected chi connectivity index (χ1v) is 8.31. The zero-order chi connectivity index (χ0) is 15.0. The molecule has 0 aromatic heterocycles. The Hall–Kier alpha value is -1.06. The molecule has 4 heteroatoms. The molecule has 4 nitrogen and oxygen atoms in total. The Morgan fingerprint density at radius 2 is 2.05 bits per heavy atom. The molecule has 4 rings (SSSR count). The van der Waals surface area contributed by atoms with Crippen LogP contribution in [0.3, 0.4) is 0 Å². The first-order chi connectivity index (χ1) is 9.90. The van der Waals surface area contributed by atoms with Gasteiger partial charge in [-0.25, -0.2) is 4.79 Å². The maximum atomic E-state index is 12.5. The van der Waals surface area contributed by atoms with Crippen molar-refractivity contribution in [3.8, 4) is 0 Å². The van der Waals surface area contributed by atoms with Gasteiger partial charge in [-0.1, -0.05) is 20.8 Å². The van der Waals surface area contributed by atoms with Crippen LogP contribution in [0, 0.1) is 22.2 Å². The van der Waals surface area contributed by atoms with Crippen LogP contribution < -0.4 is 0 Å². The van der Waals surface area contributed by atoms with Crippen LogP contribution in [0.4, 0.5) is 0 Å². The maximum absolute atomic E-state index is 12.5. The Morgan fingerprint density at radius 3 is 2.67 bits per heavy atom. The molecule has 1 heterocycles. The average Bonchev–Trinajstić information content (AvgIpc) is 2.81. The first-order valence-electron chi connectivity index (χ1n) is 8.31. The average molecular weight is 291 g/mol. The summed E-state index contributed by atoms with van der Waals surface area (Å²) in [5, 5.41) is 0. The van der Waals surface area contributed by atoms with Gasteiger partial charge in [-0.3, -0.25) is 4.79 Å². The lowest BCUT2D eigenvalue weighted by Gasteiger charge is -2.46. The van der Waals surface area contributed by atoms with Gasteiger partial charge in [0.1, 0.15) is 12.1 Å². The zero-order valence-electron chi connectivity index (χ0n) is 13.2. The van der Waals surface area contributed by atoms with Gasteiger partial charge in [0.25, 0.3) is 0 Å². The molecule has 0 aromatic rings. The van der Waals surface area contributed by atoms with Crippen LogP contribution in [0.2, 0.25) is 0 Å². The summed E-state index contributed by atoms with van der Waals surface area (Å²) in [5.74, 6) is 0.565. The number of carbonyl (C=O) groups excluding carboxylic acids is 2. The van der Waals surface area contributed by atoms with E-state index in [1.54, 1.807) is 4.90 Å². The summed E-state index contributed by atoms with van der Waals surface area (Å²) >= 11 is 0. The van der Waals surface area contributed by atoms with Gasteiger partial charge in [0.15, 0.2) is 0 Å². The lowest BCUT2D eigenvalue weighted by atomic mass is 9.64. The summed E-state index contributed by atoms with van der Waals surface area (Å²) in [6, 6.07) is -0.340. The fraction of sp³-hybridized carbons (Fsp3) is 0.882. The van der Waals surface area contributed by atoms with Gasteiger partial charge in [-0.2, -0.15) is 0 Å². The second-order valence-corrected chi connectivity index (χ2v) is 8.22. The van der Waals surface area contributed by atoms with E-state index in [9.17, 15) is 9.59 Å². The summed E-state index contributed by atoms with van der Waals surface area (Å²) in [4.78, 5) is 25.1. The van der Waals surface area contributed by atoms with E-state index in [1.165, 1.54) is 12.8 Å². The Morgan fingerprint density at radius 1 is 1.29 bits per heavy atom. The molecule has 0 N–H and O–H groups in total. The van der Waals surface area contributed by atoms with Crippen LogP contribution in [-0.2, 0) is 14.3 Å². The number of carbonyl (C=O) groups is 2. The van der Waals surface area contributed by atoms with Gasteiger partial charge < -0.3 is 9.64 Å². The molecular formula is C17H25NO3. The molecule has 4 fully saturated rings. The maximum Gasteiger partial charge on any atom is 0.329 e. The van der Waals surface area contributed by atoms with E-state index in [2.05, 4.69) is 20.8 Å². The summed E-state index contributed by atoms with van der Waals surface area (Å²) < 4.78 is 5.92. The fourth-order valence-electron chi connectivity index (χ4n) is 6.57. The number of nitrogens with zero attached hydrogens (tertiary/aromatic N) is 1. The number of esters is 1.